The van der Waals surface area contributed by atoms with Gasteiger partial charge in [0.05, 0.1) is 5.56 Å². The first-order chi connectivity index (χ1) is 13.5. The molecule has 7 nitrogen and oxygen atoms in total. The number of hydrogen-bond acceptors (Lipinski definition) is 7. The standard InChI is InChI=1S/C17H20F4N4O3S/c1-29(22,27)8-4-2-3-5-14-16(25-28-24-14)15(23-26)10-11-6-7-13(18)12(9-11)17(19,20)21/h6-7,9,22,26H,2-5,8,10H2,1H3/b23-15+. The van der Waals surface area contributed by atoms with E-state index in [0.29, 0.717) is 43.5 Å². The molecule has 1 aromatic heterocycles. The molecule has 2 N–H and O–H groups in total. The summed E-state index contributed by atoms with van der Waals surface area (Å²) in [4.78, 5) is 0. The summed E-state index contributed by atoms with van der Waals surface area (Å²) in [5, 5.41) is 19.8. The largest absolute Gasteiger partial charge is 0.419 e. The Kier molecular flexibility index (Phi) is 7.33. The summed E-state index contributed by atoms with van der Waals surface area (Å²) in [6.45, 7) is 0. The fourth-order valence-corrected chi connectivity index (χ4v) is 3.45. The van der Waals surface area contributed by atoms with Gasteiger partial charge in [0.2, 0.25) is 0 Å². The highest BCUT2D eigenvalue weighted by Crippen LogP contribution is 2.32. The lowest BCUT2D eigenvalue weighted by molar-refractivity contribution is -0.140. The number of hydrogen-bond donors (Lipinski definition) is 2. The Bertz CT molecular complexity index is 971. The molecule has 1 aromatic carbocycles. The van der Waals surface area contributed by atoms with E-state index in [2.05, 4.69) is 20.1 Å². The SMILES string of the molecule is CS(=N)(=O)CCCCCc1nonc1/C(Cc1ccc(F)c(C(F)(F)F)c1)=N/O. The van der Waals surface area contributed by atoms with Crippen LogP contribution in [0.2, 0.25) is 0 Å². The minimum atomic E-state index is -4.85. The summed E-state index contributed by atoms with van der Waals surface area (Å²) >= 11 is 0. The van der Waals surface area contributed by atoms with Crippen LogP contribution in [0.4, 0.5) is 17.6 Å². The van der Waals surface area contributed by atoms with Gasteiger partial charge >= 0.3 is 6.18 Å². The van der Waals surface area contributed by atoms with Crippen molar-refractivity contribution in [1.82, 2.24) is 10.3 Å². The zero-order valence-corrected chi connectivity index (χ0v) is 16.3. The third-order valence-corrected chi connectivity index (χ3v) is 5.17. The van der Waals surface area contributed by atoms with Crippen molar-refractivity contribution in [1.29, 1.82) is 4.78 Å². The molecule has 2 rings (SSSR count). The van der Waals surface area contributed by atoms with E-state index in [1.165, 1.54) is 6.26 Å². The van der Waals surface area contributed by atoms with Gasteiger partial charge in [0.1, 0.15) is 17.2 Å². The fraction of sp³-hybridized carbons (Fsp3) is 0.471. The van der Waals surface area contributed by atoms with Gasteiger partial charge in [-0.1, -0.05) is 22.8 Å². The molecule has 0 amide bonds. The minimum absolute atomic E-state index is 0.0660. The lowest BCUT2D eigenvalue weighted by atomic mass is 10.0. The minimum Gasteiger partial charge on any atom is -0.411 e. The molecule has 0 spiro atoms. The molecule has 0 bridgehead atoms. The van der Waals surface area contributed by atoms with Crippen molar-refractivity contribution >= 4 is 15.4 Å². The number of rotatable bonds is 9. The number of aryl methyl sites for hydroxylation is 1. The summed E-state index contributed by atoms with van der Waals surface area (Å²) in [6.07, 6.45) is -1.45. The molecule has 0 aliphatic heterocycles. The van der Waals surface area contributed by atoms with E-state index >= 15 is 0 Å². The third-order valence-electron chi connectivity index (χ3n) is 4.11. The van der Waals surface area contributed by atoms with Crippen molar-refractivity contribution in [3.8, 4) is 0 Å². The highest BCUT2D eigenvalue weighted by molar-refractivity contribution is 7.91. The number of alkyl halides is 3. The van der Waals surface area contributed by atoms with Crippen molar-refractivity contribution < 1.29 is 31.6 Å². The average Bonchev–Trinajstić information content (AvgIpc) is 3.07. The number of aromatic nitrogens is 2. The van der Waals surface area contributed by atoms with E-state index in [4.69, 9.17) is 4.78 Å². The Morgan fingerprint density at radius 1 is 1.28 bits per heavy atom. The van der Waals surface area contributed by atoms with E-state index in [-0.39, 0.29) is 29.1 Å². The number of oxime groups is 1. The molecule has 160 valence electrons. The quantitative estimate of drug-likeness (QED) is 0.203. The fourth-order valence-electron chi connectivity index (χ4n) is 2.70. The lowest BCUT2D eigenvalue weighted by Crippen LogP contribution is -2.12. The smallest absolute Gasteiger partial charge is 0.411 e. The average molecular weight is 436 g/mol. The topological polar surface area (TPSA) is 112 Å². The van der Waals surface area contributed by atoms with E-state index in [0.717, 1.165) is 6.07 Å². The predicted molar refractivity (Wildman–Crippen MR) is 96.9 cm³/mol. The maximum absolute atomic E-state index is 13.4. The van der Waals surface area contributed by atoms with E-state index in [1.807, 2.05) is 0 Å². The van der Waals surface area contributed by atoms with Crippen LogP contribution in [0.1, 0.15) is 41.8 Å². The second kappa shape index (κ2) is 9.33. The Balaban J connectivity index is 2.08. The van der Waals surface area contributed by atoms with Gasteiger partial charge in [0.15, 0.2) is 5.69 Å². The molecular weight excluding hydrogens is 416 g/mol. The van der Waals surface area contributed by atoms with Gasteiger partial charge in [-0.15, -0.1) is 0 Å². The molecule has 1 heterocycles. The Hall–Kier alpha value is -2.50. The van der Waals surface area contributed by atoms with Gasteiger partial charge in [-0.3, -0.25) is 8.99 Å². The van der Waals surface area contributed by atoms with E-state index in [9.17, 15) is 27.0 Å². The Morgan fingerprint density at radius 3 is 2.62 bits per heavy atom. The van der Waals surface area contributed by atoms with Crippen LogP contribution in [-0.4, -0.2) is 37.4 Å². The van der Waals surface area contributed by atoms with Crippen molar-refractivity contribution in [3.05, 3.63) is 46.5 Å². The highest BCUT2D eigenvalue weighted by Gasteiger charge is 2.34. The van der Waals surface area contributed by atoms with Crippen LogP contribution >= 0.6 is 0 Å². The van der Waals surface area contributed by atoms with Gasteiger partial charge in [-0.2, -0.15) is 13.2 Å². The zero-order valence-electron chi connectivity index (χ0n) is 15.5. The van der Waals surface area contributed by atoms with Gasteiger partial charge in [0, 0.05) is 28.2 Å². The molecule has 0 radical (unpaired) electrons. The summed E-state index contributed by atoms with van der Waals surface area (Å²) in [5.74, 6) is -1.11. The van der Waals surface area contributed by atoms with Gasteiger partial charge in [0.25, 0.3) is 0 Å². The lowest BCUT2D eigenvalue weighted by Gasteiger charge is -2.10. The van der Waals surface area contributed by atoms with Crippen LogP contribution in [-0.2, 0) is 28.7 Å². The molecule has 0 saturated carbocycles. The maximum atomic E-state index is 13.4. The summed E-state index contributed by atoms with van der Waals surface area (Å²) in [7, 11) is -2.54. The molecule has 12 heteroatoms. The Morgan fingerprint density at radius 2 is 2.00 bits per heavy atom. The van der Waals surface area contributed by atoms with Crippen LogP contribution in [0.15, 0.2) is 28.0 Å². The van der Waals surface area contributed by atoms with Crippen molar-refractivity contribution in [2.45, 2.75) is 38.3 Å². The summed E-state index contributed by atoms with van der Waals surface area (Å²) in [5.41, 5.74) is -0.936. The first-order valence-corrected chi connectivity index (χ1v) is 10.7. The summed E-state index contributed by atoms with van der Waals surface area (Å²) in [6, 6.07) is 2.51. The van der Waals surface area contributed by atoms with Gasteiger partial charge in [-0.05, 0) is 42.1 Å². The molecule has 29 heavy (non-hydrogen) atoms. The van der Waals surface area contributed by atoms with Gasteiger partial charge < -0.3 is 5.21 Å². The summed E-state index contributed by atoms with van der Waals surface area (Å²) < 4.78 is 75.4. The van der Waals surface area contributed by atoms with Gasteiger partial charge in [-0.25, -0.2) is 9.02 Å². The second-order valence-corrected chi connectivity index (χ2v) is 9.03. The molecule has 0 aliphatic rings. The molecule has 2 aromatic rings. The van der Waals surface area contributed by atoms with Crippen molar-refractivity contribution in [3.63, 3.8) is 0 Å². The maximum Gasteiger partial charge on any atom is 0.419 e. The first kappa shape index (κ1) is 22.8. The molecule has 1 atom stereocenters. The van der Waals surface area contributed by atoms with Crippen LogP contribution in [0.25, 0.3) is 0 Å². The first-order valence-electron chi connectivity index (χ1n) is 8.61. The highest BCUT2D eigenvalue weighted by atomic mass is 32.2. The van der Waals surface area contributed by atoms with Crippen molar-refractivity contribution in [2.75, 3.05) is 12.0 Å². The zero-order chi connectivity index (χ0) is 21.7. The van der Waals surface area contributed by atoms with Crippen LogP contribution in [0.5, 0.6) is 0 Å². The second-order valence-electron chi connectivity index (χ2n) is 6.61. The number of benzene rings is 1. The number of halogens is 4. The number of nitrogens with one attached hydrogen (secondary N) is 1. The normalized spacial score (nSPS) is 14.7. The molecular formula is C17H20F4N4O3S. The predicted octanol–water partition coefficient (Wildman–Crippen LogP) is 4.04. The van der Waals surface area contributed by atoms with Crippen LogP contribution in [0.3, 0.4) is 0 Å². The number of unbranched alkanes of at least 4 members (excludes halogenated alkanes) is 2. The molecule has 0 aliphatic carbocycles. The van der Waals surface area contributed by atoms with E-state index in [1.54, 1.807) is 0 Å². The number of nitrogens with zero attached hydrogens (tertiary/aromatic N) is 3. The monoisotopic (exact) mass is 436 g/mol. The van der Waals surface area contributed by atoms with Crippen LogP contribution in [0, 0.1) is 10.6 Å². The third kappa shape index (κ3) is 6.80. The van der Waals surface area contributed by atoms with Crippen molar-refractivity contribution in [2.24, 2.45) is 5.16 Å². The molecule has 0 saturated heterocycles. The van der Waals surface area contributed by atoms with E-state index < -0.39 is 27.3 Å². The molecule has 1 unspecified atom stereocenters. The Labute approximate surface area is 164 Å². The molecule has 0 fully saturated rings. The van der Waals surface area contributed by atoms with Crippen LogP contribution < -0.4 is 0 Å².